The van der Waals surface area contributed by atoms with Gasteiger partial charge in [-0.3, -0.25) is 4.55 Å². The van der Waals surface area contributed by atoms with Crippen molar-refractivity contribution in [3.63, 3.8) is 0 Å². The predicted molar refractivity (Wildman–Crippen MR) is 38.7 cm³/mol. The molecule has 0 atom stereocenters. The molecule has 5 heteroatoms. The fraction of sp³-hybridized carbons (Fsp3) is 1.00. The first-order valence-electron chi connectivity index (χ1n) is 3.60. The van der Waals surface area contributed by atoms with E-state index in [9.17, 15) is 12.8 Å². The summed E-state index contributed by atoms with van der Waals surface area (Å²) in [7, 11) is -3.92. The normalized spacial score (nSPS) is 33.6. The maximum Gasteiger partial charge on any atom is 0.267 e. The van der Waals surface area contributed by atoms with Crippen LogP contribution in [0.1, 0.15) is 25.7 Å². The molecule has 0 amide bonds. The third-order valence-corrected chi connectivity index (χ3v) is 3.34. The summed E-state index contributed by atoms with van der Waals surface area (Å²) in [6.07, 6.45) is 0.127. The van der Waals surface area contributed by atoms with Crippen LogP contribution in [0, 0.1) is 0 Å². The lowest BCUT2D eigenvalue weighted by Crippen LogP contribution is -2.26. The highest BCUT2D eigenvalue weighted by Crippen LogP contribution is 2.25. The molecule has 0 aromatic heterocycles. The van der Waals surface area contributed by atoms with E-state index >= 15 is 0 Å². The number of halogens is 1. The molecule has 1 N–H and O–H groups in total. The third kappa shape index (κ3) is 2.41. The number of hydrogen-bond donors (Lipinski definition) is 1. The zero-order valence-electron chi connectivity index (χ0n) is 6.03. The van der Waals surface area contributed by atoms with E-state index in [0.717, 1.165) is 0 Å². The summed E-state index contributed by atoms with van der Waals surface area (Å²) in [5.41, 5.74) is 0. The second-order valence-electron chi connectivity index (χ2n) is 2.89. The third-order valence-electron chi connectivity index (χ3n) is 2.02. The van der Waals surface area contributed by atoms with Gasteiger partial charge in [0.15, 0.2) is 0 Å². The zero-order valence-corrected chi connectivity index (χ0v) is 6.85. The molecule has 0 unspecified atom stereocenters. The first-order valence-corrected chi connectivity index (χ1v) is 5.11. The minimum atomic E-state index is -3.92. The van der Waals surface area contributed by atoms with Gasteiger partial charge in [-0.2, -0.15) is 8.42 Å². The largest absolute Gasteiger partial charge is 0.285 e. The van der Waals surface area contributed by atoms with Gasteiger partial charge in [-0.1, -0.05) is 0 Å². The van der Waals surface area contributed by atoms with E-state index in [2.05, 4.69) is 0 Å². The van der Waals surface area contributed by atoms with E-state index in [0.29, 0.717) is 0 Å². The van der Waals surface area contributed by atoms with Crippen LogP contribution in [0.5, 0.6) is 0 Å². The molecule has 0 aromatic carbocycles. The van der Waals surface area contributed by atoms with Crippen LogP contribution in [-0.4, -0.2) is 24.4 Å². The Balaban J connectivity index is 2.53. The lowest BCUT2D eigenvalue weighted by Gasteiger charge is -2.21. The Labute approximate surface area is 65.4 Å². The second-order valence-corrected chi connectivity index (χ2v) is 4.59. The molecule has 1 aliphatic carbocycles. The van der Waals surface area contributed by atoms with Crippen molar-refractivity contribution in [2.45, 2.75) is 37.1 Å². The van der Waals surface area contributed by atoms with E-state index < -0.39 is 21.5 Å². The predicted octanol–water partition coefficient (Wildman–Crippen LogP) is 1.15. The molecule has 0 radical (unpaired) electrons. The molecule has 11 heavy (non-hydrogen) atoms. The van der Waals surface area contributed by atoms with Crippen molar-refractivity contribution in [1.82, 2.24) is 0 Å². The summed E-state index contributed by atoms with van der Waals surface area (Å²) in [4.78, 5) is 0. The lowest BCUT2D eigenvalue weighted by molar-refractivity contribution is 0.249. The van der Waals surface area contributed by atoms with Crippen molar-refractivity contribution in [1.29, 1.82) is 0 Å². The minimum absolute atomic E-state index is 0.250. The van der Waals surface area contributed by atoms with Crippen molar-refractivity contribution in [2.75, 3.05) is 0 Å². The molecule has 0 saturated heterocycles. The van der Waals surface area contributed by atoms with Crippen molar-refractivity contribution in [3.8, 4) is 0 Å². The maximum absolute atomic E-state index is 12.5. The summed E-state index contributed by atoms with van der Waals surface area (Å²) in [5, 5.41) is -0.727. The van der Waals surface area contributed by atoms with Crippen LogP contribution in [0.3, 0.4) is 0 Å². The van der Waals surface area contributed by atoms with Crippen LogP contribution in [0.15, 0.2) is 0 Å². The first-order chi connectivity index (χ1) is 5.00. The fourth-order valence-corrected chi connectivity index (χ4v) is 2.19. The molecule has 0 aromatic rings. The topological polar surface area (TPSA) is 54.4 Å². The van der Waals surface area contributed by atoms with Crippen LogP contribution in [0.25, 0.3) is 0 Å². The Bertz CT molecular complexity index is 216. The van der Waals surface area contributed by atoms with Gasteiger partial charge < -0.3 is 0 Å². The van der Waals surface area contributed by atoms with Gasteiger partial charge in [0.2, 0.25) is 0 Å². The van der Waals surface area contributed by atoms with Gasteiger partial charge in [0.05, 0.1) is 5.25 Å². The molecule has 0 aliphatic heterocycles. The monoisotopic (exact) mass is 182 g/mol. The van der Waals surface area contributed by atoms with Gasteiger partial charge >= 0.3 is 0 Å². The standard InChI is InChI=1S/C6H11FO3S/c7-5-1-3-6(4-2-5)11(8,9)10/h5-6H,1-4H2,(H,8,9,10). The minimum Gasteiger partial charge on any atom is -0.285 e. The van der Waals surface area contributed by atoms with Gasteiger partial charge in [0, 0.05) is 0 Å². The summed E-state index contributed by atoms with van der Waals surface area (Å²) >= 11 is 0. The molecule has 1 saturated carbocycles. The maximum atomic E-state index is 12.5. The highest BCUT2D eigenvalue weighted by atomic mass is 32.2. The van der Waals surface area contributed by atoms with Gasteiger partial charge in [-0.25, -0.2) is 4.39 Å². The Kier molecular flexibility index (Phi) is 2.49. The summed E-state index contributed by atoms with van der Waals surface area (Å²) in [6.45, 7) is 0. The number of rotatable bonds is 1. The highest BCUT2D eigenvalue weighted by Gasteiger charge is 2.28. The zero-order chi connectivity index (χ0) is 8.48. The average Bonchev–Trinajstić information content (AvgIpc) is 1.86. The van der Waals surface area contributed by atoms with E-state index in [-0.39, 0.29) is 25.7 Å². The fourth-order valence-electron chi connectivity index (χ4n) is 1.32. The van der Waals surface area contributed by atoms with E-state index in [1.54, 1.807) is 0 Å². The van der Waals surface area contributed by atoms with Crippen LogP contribution >= 0.6 is 0 Å². The lowest BCUT2D eigenvalue weighted by atomic mass is 9.99. The Hall–Kier alpha value is -0.160. The summed E-state index contributed by atoms with van der Waals surface area (Å²) < 4.78 is 42.1. The molecule has 0 spiro atoms. The Morgan fingerprint density at radius 1 is 1.18 bits per heavy atom. The Morgan fingerprint density at radius 2 is 1.64 bits per heavy atom. The molecular formula is C6H11FO3S. The van der Waals surface area contributed by atoms with Crippen molar-refractivity contribution in [3.05, 3.63) is 0 Å². The van der Waals surface area contributed by atoms with Gasteiger partial charge in [-0.05, 0) is 25.7 Å². The molecule has 1 fully saturated rings. The molecule has 1 aliphatic rings. The average molecular weight is 182 g/mol. The van der Waals surface area contributed by atoms with Crippen LogP contribution in [-0.2, 0) is 10.1 Å². The molecular weight excluding hydrogens is 171 g/mol. The van der Waals surface area contributed by atoms with E-state index in [1.807, 2.05) is 0 Å². The molecule has 3 nitrogen and oxygen atoms in total. The summed E-state index contributed by atoms with van der Waals surface area (Å²) in [6, 6.07) is 0. The van der Waals surface area contributed by atoms with Gasteiger partial charge in [-0.15, -0.1) is 0 Å². The van der Waals surface area contributed by atoms with Gasteiger partial charge in [0.1, 0.15) is 6.17 Å². The quantitative estimate of drug-likeness (QED) is 0.619. The molecule has 0 bridgehead atoms. The molecule has 1 rings (SSSR count). The molecule has 66 valence electrons. The van der Waals surface area contributed by atoms with Crippen LogP contribution < -0.4 is 0 Å². The number of hydrogen-bond acceptors (Lipinski definition) is 2. The summed E-state index contributed by atoms with van der Waals surface area (Å²) in [5.74, 6) is 0. The van der Waals surface area contributed by atoms with E-state index in [4.69, 9.17) is 4.55 Å². The van der Waals surface area contributed by atoms with E-state index in [1.165, 1.54) is 0 Å². The highest BCUT2D eigenvalue weighted by molar-refractivity contribution is 7.86. The Morgan fingerprint density at radius 3 is 2.00 bits per heavy atom. The van der Waals surface area contributed by atoms with Crippen molar-refractivity contribution >= 4 is 10.1 Å². The SMILES string of the molecule is O=S(=O)(O)C1CCC(F)CC1. The van der Waals surface area contributed by atoms with Crippen molar-refractivity contribution in [2.24, 2.45) is 0 Å². The van der Waals surface area contributed by atoms with Crippen LogP contribution in [0.4, 0.5) is 4.39 Å². The smallest absolute Gasteiger partial charge is 0.267 e. The second kappa shape index (κ2) is 3.06. The number of alkyl halides is 1. The first kappa shape index (κ1) is 8.93. The van der Waals surface area contributed by atoms with Crippen LogP contribution in [0.2, 0.25) is 0 Å². The van der Waals surface area contributed by atoms with Crippen molar-refractivity contribution < 1.29 is 17.4 Å². The van der Waals surface area contributed by atoms with Gasteiger partial charge in [0.25, 0.3) is 10.1 Å². The molecule has 0 heterocycles.